The molecule has 0 aliphatic carbocycles. The van der Waals surface area contributed by atoms with Gasteiger partial charge in [-0.15, -0.1) is 11.3 Å². The minimum absolute atomic E-state index is 0.324. The quantitative estimate of drug-likeness (QED) is 0.754. The normalized spacial score (nSPS) is 10.6. The molecule has 1 aromatic carbocycles. The second-order valence-corrected chi connectivity index (χ2v) is 5.90. The van der Waals surface area contributed by atoms with Gasteiger partial charge in [-0.3, -0.25) is 9.20 Å². The predicted octanol–water partition coefficient (Wildman–Crippen LogP) is 2.74. The van der Waals surface area contributed by atoms with E-state index in [1.165, 1.54) is 18.4 Å². The number of amides is 1. The standard InChI is InChI=1S/C15H13N3O3S/c1-9-7-18-8-12(17-15(18)22-9)13(19)16-11-5-3-4-10(6-11)14(20)21-2/h3-8H,1-2H3,(H,16,19). The number of nitrogens with zero attached hydrogens (tertiary/aromatic N) is 2. The fraction of sp³-hybridized carbons (Fsp3) is 0.133. The molecule has 1 amide bonds. The van der Waals surface area contributed by atoms with E-state index in [4.69, 9.17) is 0 Å². The number of carbonyl (C=O) groups excluding carboxylic acids is 2. The number of aromatic nitrogens is 2. The highest BCUT2D eigenvalue weighted by Crippen LogP contribution is 2.18. The maximum Gasteiger partial charge on any atom is 0.337 e. The number of nitrogens with one attached hydrogen (secondary N) is 1. The second kappa shape index (κ2) is 5.61. The first-order chi connectivity index (χ1) is 10.6. The highest BCUT2D eigenvalue weighted by molar-refractivity contribution is 7.17. The van der Waals surface area contributed by atoms with Crippen LogP contribution in [-0.2, 0) is 4.74 Å². The van der Waals surface area contributed by atoms with E-state index in [0.29, 0.717) is 16.9 Å². The molecular weight excluding hydrogens is 302 g/mol. The Morgan fingerprint density at radius 3 is 2.86 bits per heavy atom. The third-order valence-corrected chi connectivity index (χ3v) is 3.96. The number of ether oxygens (including phenoxy) is 1. The zero-order valence-corrected chi connectivity index (χ0v) is 12.8. The highest BCUT2D eigenvalue weighted by Gasteiger charge is 2.13. The van der Waals surface area contributed by atoms with E-state index in [-0.39, 0.29) is 5.91 Å². The molecule has 0 spiro atoms. The van der Waals surface area contributed by atoms with Gasteiger partial charge in [0.05, 0.1) is 12.7 Å². The summed E-state index contributed by atoms with van der Waals surface area (Å²) < 4.78 is 6.47. The molecule has 0 aliphatic rings. The van der Waals surface area contributed by atoms with Crippen molar-refractivity contribution in [1.82, 2.24) is 9.38 Å². The van der Waals surface area contributed by atoms with Gasteiger partial charge in [0, 0.05) is 23.0 Å². The van der Waals surface area contributed by atoms with Crippen molar-refractivity contribution in [3.05, 3.63) is 52.8 Å². The van der Waals surface area contributed by atoms with Crippen molar-refractivity contribution in [3.8, 4) is 0 Å². The zero-order valence-electron chi connectivity index (χ0n) is 12.0. The number of esters is 1. The molecule has 2 aromatic heterocycles. The third kappa shape index (κ3) is 2.71. The fourth-order valence-corrected chi connectivity index (χ4v) is 2.87. The van der Waals surface area contributed by atoms with Crippen molar-refractivity contribution in [2.45, 2.75) is 6.92 Å². The monoisotopic (exact) mass is 315 g/mol. The van der Waals surface area contributed by atoms with E-state index < -0.39 is 5.97 Å². The maximum atomic E-state index is 12.2. The lowest BCUT2D eigenvalue weighted by Gasteiger charge is -2.05. The summed E-state index contributed by atoms with van der Waals surface area (Å²) in [5.41, 5.74) is 1.22. The Bertz CT molecular complexity index is 834. The van der Waals surface area contributed by atoms with E-state index in [1.54, 1.807) is 30.5 Å². The molecule has 0 saturated heterocycles. The van der Waals surface area contributed by atoms with Crippen LogP contribution < -0.4 is 5.32 Å². The molecule has 2 heterocycles. The Hall–Kier alpha value is -2.67. The Balaban J connectivity index is 1.81. The molecule has 0 saturated carbocycles. The van der Waals surface area contributed by atoms with Crippen LogP contribution >= 0.6 is 11.3 Å². The van der Waals surface area contributed by atoms with Crippen molar-refractivity contribution in [3.63, 3.8) is 0 Å². The van der Waals surface area contributed by atoms with Crippen LogP contribution in [0.4, 0.5) is 5.69 Å². The SMILES string of the molecule is COC(=O)c1cccc(NC(=O)c2cn3cc(C)sc3n2)c1. The average molecular weight is 315 g/mol. The minimum Gasteiger partial charge on any atom is -0.465 e. The molecule has 0 aliphatic heterocycles. The molecule has 1 N–H and O–H groups in total. The number of imidazole rings is 1. The molecule has 0 bridgehead atoms. The molecule has 0 atom stereocenters. The third-order valence-electron chi connectivity index (χ3n) is 3.05. The molecule has 3 aromatic rings. The second-order valence-electron chi connectivity index (χ2n) is 4.68. The van der Waals surface area contributed by atoms with Gasteiger partial charge in [0.25, 0.3) is 5.91 Å². The number of aryl methyl sites for hydroxylation is 1. The van der Waals surface area contributed by atoms with E-state index in [1.807, 2.05) is 17.5 Å². The summed E-state index contributed by atoms with van der Waals surface area (Å²) in [7, 11) is 1.31. The van der Waals surface area contributed by atoms with Gasteiger partial charge >= 0.3 is 5.97 Å². The number of thiazole rings is 1. The molecule has 3 rings (SSSR count). The highest BCUT2D eigenvalue weighted by atomic mass is 32.1. The molecular formula is C15H13N3O3S. The summed E-state index contributed by atoms with van der Waals surface area (Å²) in [6.07, 6.45) is 3.60. The lowest BCUT2D eigenvalue weighted by atomic mass is 10.2. The van der Waals surface area contributed by atoms with Gasteiger partial charge in [-0.25, -0.2) is 9.78 Å². The summed E-state index contributed by atoms with van der Waals surface area (Å²) in [5.74, 6) is -0.773. The molecule has 0 unspecified atom stereocenters. The Morgan fingerprint density at radius 2 is 2.14 bits per heavy atom. The van der Waals surface area contributed by atoms with E-state index in [9.17, 15) is 9.59 Å². The first-order valence-electron chi connectivity index (χ1n) is 6.51. The van der Waals surface area contributed by atoms with Crippen LogP contribution in [-0.4, -0.2) is 28.4 Å². The summed E-state index contributed by atoms with van der Waals surface area (Å²) in [6, 6.07) is 6.56. The summed E-state index contributed by atoms with van der Waals surface area (Å²) in [4.78, 5) is 29.9. The van der Waals surface area contributed by atoms with Crippen LogP contribution in [0.25, 0.3) is 4.96 Å². The van der Waals surface area contributed by atoms with E-state index in [0.717, 1.165) is 9.84 Å². The van der Waals surface area contributed by atoms with Crippen molar-refractivity contribution in [2.75, 3.05) is 12.4 Å². The molecule has 112 valence electrons. The number of anilines is 1. The Kier molecular flexibility index (Phi) is 3.64. The topological polar surface area (TPSA) is 72.7 Å². The fourth-order valence-electron chi connectivity index (χ4n) is 2.06. The lowest BCUT2D eigenvalue weighted by molar-refractivity contribution is 0.0600. The maximum absolute atomic E-state index is 12.2. The number of benzene rings is 1. The summed E-state index contributed by atoms with van der Waals surface area (Å²) >= 11 is 1.52. The van der Waals surface area contributed by atoms with E-state index >= 15 is 0 Å². The largest absolute Gasteiger partial charge is 0.465 e. The number of fused-ring (bicyclic) bond motifs is 1. The summed E-state index contributed by atoms with van der Waals surface area (Å²) in [5, 5.41) is 2.73. The number of hydrogen-bond donors (Lipinski definition) is 1. The van der Waals surface area contributed by atoms with Gasteiger partial charge in [0.15, 0.2) is 4.96 Å². The van der Waals surface area contributed by atoms with Gasteiger partial charge < -0.3 is 10.1 Å². The van der Waals surface area contributed by atoms with Crippen molar-refractivity contribution < 1.29 is 14.3 Å². The zero-order chi connectivity index (χ0) is 15.7. The lowest BCUT2D eigenvalue weighted by Crippen LogP contribution is -2.13. The van der Waals surface area contributed by atoms with Crippen molar-refractivity contribution >= 4 is 33.9 Å². The average Bonchev–Trinajstić information content (AvgIpc) is 3.04. The molecule has 0 fully saturated rings. The van der Waals surface area contributed by atoms with Gasteiger partial charge in [0.2, 0.25) is 0 Å². The van der Waals surface area contributed by atoms with Crippen LogP contribution in [0.5, 0.6) is 0 Å². The number of methoxy groups -OCH3 is 1. The number of hydrogen-bond acceptors (Lipinski definition) is 5. The first-order valence-corrected chi connectivity index (χ1v) is 7.33. The smallest absolute Gasteiger partial charge is 0.337 e. The van der Waals surface area contributed by atoms with Crippen LogP contribution in [0.2, 0.25) is 0 Å². The van der Waals surface area contributed by atoms with Crippen LogP contribution in [0.15, 0.2) is 36.7 Å². The molecule has 7 heteroatoms. The minimum atomic E-state index is -0.450. The van der Waals surface area contributed by atoms with Crippen LogP contribution in [0.3, 0.4) is 0 Å². The van der Waals surface area contributed by atoms with Gasteiger partial charge in [-0.1, -0.05) is 6.07 Å². The van der Waals surface area contributed by atoms with Crippen molar-refractivity contribution in [1.29, 1.82) is 0 Å². The van der Waals surface area contributed by atoms with E-state index in [2.05, 4.69) is 15.0 Å². The van der Waals surface area contributed by atoms with Gasteiger partial charge in [0.1, 0.15) is 5.69 Å². The molecule has 0 radical (unpaired) electrons. The van der Waals surface area contributed by atoms with Gasteiger partial charge in [-0.05, 0) is 25.1 Å². The van der Waals surface area contributed by atoms with Crippen LogP contribution in [0, 0.1) is 6.92 Å². The van der Waals surface area contributed by atoms with Crippen molar-refractivity contribution in [2.24, 2.45) is 0 Å². The van der Waals surface area contributed by atoms with Crippen LogP contribution in [0.1, 0.15) is 25.7 Å². The van der Waals surface area contributed by atoms with Gasteiger partial charge in [-0.2, -0.15) is 0 Å². The molecule has 6 nitrogen and oxygen atoms in total. The first kappa shape index (κ1) is 14.3. The summed E-state index contributed by atoms with van der Waals surface area (Å²) in [6.45, 7) is 1.98. The Labute approximate surface area is 130 Å². The molecule has 22 heavy (non-hydrogen) atoms. The number of carbonyl (C=O) groups is 2. The Morgan fingerprint density at radius 1 is 1.32 bits per heavy atom. The number of rotatable bonds is 3. The predicted molar refractivity (Wildman–Crippen MR) is 83.5 cm³/mol.